The summed E-state index contributed by atoms with van der Waals surface area (Å²) in [5.74, 6) is 0.00733. The molecule has 0 amide bonds. The molecule has 25 heavy (non-hydrogen) atoms. The van der Waals surface area contributed by atoms with Crippen molar-refractivity contribution in [2.45, 2.75) is 25.1 Å². The van der Waals surface area contributed by atoms with Crippen molar-refractivity contribution >= 4 is 11.6 Å². The van der Waals surface area contributed by atoms with Gasteiger partial charge in [0.25, 0.3) is 5.78 Å². The SMILES string of the molecule is OCCCC(Nc1cc(C(F)(F)F)nc2ncnn12)c1ccccc1. The highest BCUT2D eigenvalue weighted by molar-refractivity contribution is 5.47. The normalized spacial score (nSPS) is 13.1. The molecule has 0 bridgehead atoms. The summed E-state index contributed by atoms with van der Waals surface area (Å²) in [7, 11) is 0. The molecule has 1 unspecified atom stereocenters. The van der Waals surface area contributed by atoms with Crippen molar-refractivity contribution < 1.29 is 18.3 Å². The topological polar surface area (TPSA) is 75.3 Å². The van der Waals surface area contributed by atoms with E-state index in [4.69, 9.17) is 5.11 Å². The van der Waals surface area contributed by atoms with Crippen LogP contribution in [0.3, 0.4) is 0 Å². The van der Waals surface area contributed by atoms with E-state index in [0.29, 0.717) is 12.8 Å². The van der Waals surface area contributed by atoms with Crippen LogP contribution >= 0.6 is 0 Å². The Hall–Kier alpha value is -2.68. The third-order valence-corrected chi connectivity index (χ3v) is 3.72. The minimum Gasteiger partial charge on any atom is -0.396 e. The van der Waals surface area contributed by atoms with Gasteiger partial charge in [0.1, 0.15) is 12.1 Å². The molecule has 0 saturated carbocycles. The van der Waals surface area contributed by atoms with Gasteiger partial charge < -0.3 is 10.4 Å². The number of anilines is 1. The van der Waals surface area contributed by atoms with Crippen LogP contribution in [0.15, 0.2) is 42.7 Å². The number of aromatic nitrogens is 4. The standard InChI is InChI=1S/C16H16F3N5O/c17-16(18,19)13-9-14(24-15(23-13)20-10-21-24)22-12(7-4-8-25)11-5-2-1-3-6-11/h1-3,5-6,9-10,12,22,25H,4,7-8H2. The molecule has 9 heteroatoms. The molecule has 6 nitrogen and oxygen atoms in total. The molecule has 1 aromatic carbocycles. The molecule has 0 aliphatic rings. The Morgan fingerprint density at radius 1 is 1.20 bits per heavy atom. The van der Waals surface area contributed by atoms with E-state index in [1.807, 2.05) is 30.3 Å². The molecule has 2 heterocycles. The zero-order valence-corrected chi connectivity index (χ0v) is 13.1. The quantitative estimate of drug-likeness (QED) is 0.714. The van der Waals surface area contributed by atoms with Crippen molar-refractivity contribution in [3.05, 3.63) is 54.0 Å². The Kier molecular flexibility index (Phi) is 4.84. The largest absolute Gasteiger partial charge is 0.433 e. The van der Waals surface area contributed by atoms with Crippen LogP contribution in [0.4, 0.5) is 19.0 Å². The summed E-state index contributed by atoms with van der Waals surface area (Å²) in [4.78, 5) is 7.25. The summed E-state index contributed by atoms with van der Waals surface area (Å²) in [5, 5.41) is 16.1. The molecule has 0 fully saturated rings. The average molecular weight is 351 g/mol. The fraction of sp³-hybridized carbons (Fsp3) is 0.312. The van der Waals surface area contributed by atoms with E-state index in [1.54, 1.807) is 0 Å². The van der Waals surface area contributed by atoms with Crippen LogP contribution in [0.2, 0.25) is 0 Å². The first-order valence-corrected chi connectivity index (χ1v) is 7.69. The van der Waals surface area contributed by atoms with Crippen molar-refractivity contribution in [1.82, 2.24) is 19.6 Å². The van der Waals surface area contributed by atoms with Crippen molar-refractivity contribution in [2.24, 2.45) is 0 Å². The van der Waals surface area contributed by atoms with Crippen LogP contribution in [0.25, 0.3) is 5.78 Å². The van der Waals surface area contributed by atoms with E-state index < -0.39 is 11.9 Å². The predicted octanol–water partition coefficient (Wildman–Crippen LogP) is 3.07. The van der Waals surface area contributed by atoms with E-state index in [-0.39, 0.29) is 24.2 Å². The third-order valence-electron chi connectivity index (χ3n) is 3.72. The summed E-state index contributed by atoms with van der Waals surface area (Å²) in [5.41, 5.74) is -0.140. The highest BCUT2D eigenvalue weighted by Gasteiger charge is 2.34. The number of halogens is 3. The molecule has 3 aromatic rings. The zero-order valence-electron chi connectivity index (χ0n) is 13.1. The van der Waals surface area contributed by atoms with E-state index in [1.165, 1.54) is 4.52 Å². The number of hydrogen-bond donors (Lipinski definition) is 2. The van der Waals surface area contributed by atoms with Crippen LogP contribution in [-0.4, -0.2) is 31.3 Å². The summed E-state index contributed by atoms with van der Waals surface area (Å²) in [6.07, 6.45) is -2.39. The number of fused-ring (bicyclic) bond motifs is 1. The molecule has 0 saturated heterocycles. The molecule has 1 atom stereocenters. The van der Waals surface area contributed by atoms with Gasteiger partial charge in [-0.3, -0.25) is 0 Å². The van der Waals surface area contributed by atoms with Crippen molar-refractivity contribution in [1.29, 1.82) is 0 Å². The number of rotatable bonds is 6. The Balaban J connectivity index is 2.00. The van der Waals surface area contributed by atoms with Crippen molar-refractivity contribution in [3.8, 4) is 0 Å². The number of hydrogen-bond acceptors (Lipinski definition) is 5. The molecule has 0 spiro atoms. The summed E-state index contributed by atoms with van der Waals surface area (Å²) < 4.78 is 40.5. The molecular weight excluding hydrogens is 335 g/mol. The Bertz CT molecular complexity index is 835. The van der Waals surface area contributed by atoms with E-state index in [0.717, 1.165) is 18.0 Å². The minimum atomic E-state index is -4.59. The molecular formula is C16H16F3N5O. The fourth-order valence-corrected chi connectivity index (χ4v) is 2.54. The summed E-state index contributed by atoms with van der Waals surface area (Å²) in [6.45, 7) is -0.00606. The molecule has 0 aliphatic carbocycles. The first kappa shape index (κ1) is 17.2. The predicted molar refractivity (Wildman–Crippen MR) is 84.9 cm³/mol. The van der Waals surface area contributed by atoms with Gasteiger partial charge in [-0.15, -0.1) is 0 Å². The Labute approximate surface area is 141 Å². The number of aliphatic hydroxyl groups excluding tert-OH is 1. The Morgan fingerprint density at radius 3 is 2.64 bits per heavy atom. The zero-order chi connectivity index (χ0) is 17.9. The van der Waals surface area contributed by atoms with Gasteiger partial charge in [0.2, 0.25) is 0 Å². The van der Waals surface area contributed by atoms with Gasteiger partial charge in [-0.1, -0.05) is 30.3 Å². The van der Waals surface area contributed by atoms with Gasteiger partial charge in [0.05, 0.1) is 6.04 Å². The smallest absolute Gasteiger partial charge is 0.396 e. The summed E-state index contributed by atoms with van der Waals surface area (Å²) >= 11 is 0. The molecule has 3 rings (SSSR count). The number of aliphatic hydroxyl groups is 1. The maximum atomic E-state index is 13.1. The maximum absolute atomic E-state index is 13.1. The third kappa shape index (κ3) is 3.87. The van der Waals surface area contributed by atoms with Gasteiger partial charge in [0.15, 0.2) is 5.69 Å². The maximum Gasteiger partial charge on any atom is 0.433 e. The highest BCUT2D eigenvalue weighted by Crippen LogP contribution is 2.31. The lowest BCUT2D eigenvalue weighted by molar-refractivity contribution is -0.141. The fourth-order valence-electron chi connectivity index (χ4n) is 2.54. The highest BCUT2D eigenvalue weighted by atomic mass is 19.4. The van der Waals surface area contributed by atoms with E-state index in [2.05, 4.69) is 20.4 Å². The molecule has 0 aliphatic heterocycles. The minimum absolute atomic E-state index is 0.00606. The second-order valence-corrected chi connectivity index (χ2v) is 5.47. The number of nitrogens with one attached hydrogen (secondary N) is 1. The lowest BCUT2D eigenvalue weighted by Gasteiger charge is -2.21. The number of alkyl halides is 3. The van der Waals surface area contributed by atoms with Crippen LogP contribution in [0.5, 0.6) is 0 Å². The molecule has 132 valence electrons. The average Bonchev–Trinajstić information content (AvgIpc) is 3.07. The van der Waals surface area contributed by atoms with Crippen LogP contribution in [0.1, 0.15) is 30.1 Å². The molecule has 2 N–H and O–H groups in total. The summed E-state index contributed by atoms with van der Waals surface area (Å²) in [6, 6.07) is 9.93. The Morgan fingerprint density at radius 2 is 1.96 bits per heavy atom. The molecule has 2 aromatic heterocycles. The van der Waals surface area contributed by atoms with Crippen LogP contribution in [0, 0.1) is 0 Å². The van der Waals surface area contributed by atoms with Gasteiger partial charge in [0, 0.05) is 12.7 Å². The lowest BCUT2D eigenvalue weighted by atomic mass is 10.0. The first-order chi connectivity index (χ1) is 12.0. The van der Waals surface area contributed by atoms with E-state index in [9.17, 15) is 13.2 Å². The van der Waals surface area contributed by atoms with Crippen LogP contribution < -0.4 is 5.32 Å². The number of nitrogens with zero attached hydrogens (tertiary/aromatic N) is 4. The van der Waals surface area contributed by atoms with Crippen LogP contribution in [-0.2, 0) is 6.18 Å². The van der Waals surface area contributed by atoms with Gasteiger partial charge in [-0.25, -0.2) is 4.98 Å². The van der Waals surface area contributed by atoms with Gasteiger partial charge >= 0.3 is 6.18 Å². The monoisotopic (exact) mass is 351 g/mol. The number of benzene rings is 1. The van der Waals surface area contributed by atoms with Gasteiger partial charge in [-0.2, -0.15) is 27.8 Å². The molecule has 0 radical (unpaired) electrons. The second kappa shape index (κ2) is 7.06. The lowest BCUT2D eigenvalue weighted by Crippen LogP contribution is -2.17. The van der Waals surface area contributed by atoms with Crippen molar-refractivity contribution in [3.63, 3.8) is 0 Å². The van der Waals surface area contributed by atoms with E-state index >= 15 is 0 Å². The van der Waals surface area contributed by atoms with Gasteiger partial charge in [-0.05, 0) is 18.4 Å². The van der Waals surface area contributed by atoms with Crippen molar-refractivity contribution in [2.75, 3.05) is 11.9 Å². The first-order valence-electron chi connectivity index (χ1n) is 7.69. The second-order valence-electron chi connectivity index (χ2n) is 5.47.